The molecule has 0 aliphatic heterocycles. The molecule has 8 heavy (non-hydrogen) atoms. The number of rotatable bonds is 3. The highest BCUT2D eigenvalue weighted by atomic mass is 16.5. The summed E-state index contributed by atoms with van der Waals surface area (Å²) >= 11 is 0. The number of ether oxygens (including phenoxy) is 1. The highest BCUT2D eigenvalue weighted by Crippen LogP contribution is 1.59. The Morgan fingerprint density at radius 2 is 2.50 bits per heavy atom. The molecular formula is C4H10N2O2. The second-order valence-corrected chi connectivity index (χ2v) is 1.24. The van der Waals surface area contributed by atoms with E-state index in [0.717, 1.165) is 0 Å². The summed E-state index contributed by atoms with van der Waals surface area (Å²) < 4.78 is 4.53. The lowest BCUT2D eigenvalue weighted by Crippen LogP contribution is -2.31. The van der Waals surface area contributed by atoms with Gasteiger partial charge < -0.3 is 15.8 Å². The molecule has 0 aromatic rings. The van der Waals surface area contributed by atoms with Gasteiger partial charge in [0.1, 0.15) is 6.73 Å². The summed E-state index contributed by atoms with van der Waals surface area (Å²) in [5.41, 5.74) is 4.95. The van der Waals surface area contributed by atoms with E-state index in [1.807, 2.05) is 0 Å². The van der Waals surface area contributed by atoms with E-state index in [4.69, 9.17) is 5.73 Å². The summed E-state index contributed by atoms with van der Waals surface area (Å²) in [5.74, 6) is -0.202. The predicted octanol–water partition coefficient (Wildman–Crippen LogP) is -1.33. The Balaban J connectivity index is 2.99. The molecule has 0 fully saturated rings. The van der Waals surface area contributed by atoms with Crippen LogP contribution >= 0.6 is 0 Å². The second-order valence-electron chi connectivity index (χ2n) is 1.24. The highest BCUT2D eigenvalue weighted by molar-refractivity contribution is 5.77. The van der Waals surface area contributed by atoms with Gasteiger partial charge in [0.2, 0.25) is 5.91 Å². The first-order valence-corrected chi connectivity index (χ1v) is 2.27. The lowest BCUT2D eigenvalue weighted by Gasteiger charge is -1.98. The van der Waals surface area contributed by atoms with E-state index in [-0.39, 0.29) is 19.2 Å². The van der Waals surface area contributed by atoms with Crippen molar-refractivity contribution in [3.8, 4) is 0 Å². The summed E-state index contributed by atoms with van der Waals surface area (Å²) in [6.45, 7) is 0.249. The molecule has 3 N–H and O–H groups in total. The Morgan fingerprint density at radius 3 is 2.88 bits per heavy atom. The van der Waals surface area contributed by atoms with E-state index >= 15 is 0 Å². The molecule has 1 amide bonds. The summed E-state index contributed by atoms with van der Waals surface area (Å²) in [5, 5.41) is 2.40. The first-order valence-electron chi connectivity index (χ1n) is 2.27. The standard InChI is InChI=1S/C4H10N2O2/c1-8-3-6-4(7)2-5/h2-3,5H2,1H3,(H,6,7). The summed E-state index contributed by atoms with van der Waals surface area (Å²) in [6, 6.07) is 0. The molecule has 0 heterocycles. The van der Waals surface area contributed by atoms with Crippen molar-refractivity contribution in [2.24, 2.45) is 5.73 Å². The number of carbonyl (C=O) groups is 1. The number of hydrogen-bond donors (Lipinski definition) is 2. The minimum absolute atomic E-state index is 0.0172. The molecule has 0 aromatic heterocycles. The topological polar surface area (TPSA) is 64.3 Å². The normalized spacial score (nSPS) is 8.75. The molecule has 0 saturated heterocycles. The van der Waals surface area contributed by atoms with E-state index in [1.165, 1.54) is 7.11 Å². The molecule has 48 valence electrons. The molecule has 0 aliphatic carbocycles. The summed E-state index contributed by atoms with van der Waals surface area (Å²) in [4.78, 5) is 10.3. The smallest absolute Gasteiger partial charge is 0.235 e. The van der Waals surface area contributed by atoms with Crippen molar-refractivity contribution in [2.75, 3.05) is 20.4 Å². The molecule has 0 saturated carbocycles. The van der Waals surface area contributed by atoms with Crippen molar-refractivity contribution >= 4 is 5.91 Å². The van der Waals surface area contributed by atoms with Gasteiger partial charge in [0.05, 0.1) is 6.54 Å². The second kappa shape index (κ2) is 4.55. The zero-order chi connectivity index (χ0) is 6.41. The lowest BCUT2D eigenvalue weighted by atomic mass is 10.6. The van der Waals surface area contributed by atoms with Crippen LogP contribution in [0.25, 0.3) is 0 Å². The Morgan fingerprint density at radius 1 is 1.88 bits per heavy atom. The van der Waals surface area contributed by atoms with E-state index in [2.05, 4.69) is 10.1 Å². The van der Waals surface area contributed by atoms with Crippen molar-refractivity contribution in [1.29, 1.82) is 0 Å². The third-order valence-electron chi connectivity index (χ3n) is 0.599. The molecule has 0 bridgehead atoms. The number of carbonyl (C=O) groups excluding carboxylic acids is 1. The molecule has 0 atom stereocenters. The molecule has 0 aromatic carbocycles. The lowest BCUT2D eigenvalue weighted by molar-refractivity contribution is -0.121. The number of nitrogens with one attached hydrogen (secondary N) is 1. The van der Waals surface area contributed by atoms with Crippen LogP contribution in [0.1, 0.15) is 0 Å². The first kappa shape index (κ1) is 7.39. The van der Waals surface area contributed by atoms with Crippen LogP contribution in [0.3, 0.4) is 0 Å². The van der Waals surface area contributed by atoms with Gasteiger partial charge >= 0.3 is 0 Å². The van der Waals surface area contributed by atoms with Crippen LogP contribution in [0.5, 0.6) is 0 Å². The maximum Gasteiger partial charge on any atom is 0.235 e. The highest BCUT2D eigenvalue weighted by Gasteiger charge is 1.91. The van der Waals surface area contributed by atoms with Crippen molar-refractivity contribution in [3.63, 3.8) is 0 Å². The first-order chi connectivity index (χ1) is 3.81. The van der Waals surface area contributed by atoms with Gasteiger partial charge in [0.15, 0.2) is 0 Å². The van der Waals surface area contributed by atoms with Crippen LogP contribution in [-0.4, -0.2) is 26.3 Å². The molecule has 4 nitrogen and oxygen atoms in total. The van der Waals surface area contributed by atoms with Crippen LogP contribution in [0.4, 0.5) is 0 Å². The van der Waals surface area contributed by atoms with E-state index in [1.54, 1.807) is 0 Å². The van der Waals surface area contributed by atoms with Crippen LogP contribution in [0, 0.1) is 0 Å². The maximum absolute atomic E-state index is 10.3. The number of nitrogens with two attached hydrogens (primary N) is 1. The number of methoxy groups -OCH3 is 1. The van der Waals surface area contributed by atoms with Gasteiger partial charge in [0.25, 0.3) is 0 Å². The van der Waals surface area contributed by atoms with E-state index in [0.29, 0.717) is 0 Å². The van der Waals surface area contributed by atoms with Gasteiger partial charge in [-0.1, -0.05) is 0 Å². The Hall–Kier alpha value is -0.610. The molecule has 0 aliphatic rings. The largest absolute Gasteiger partial charge is 0.364 e. The minimum Gasteiger partial charge on any atom is -0.364 e. The Kier molecular flexibility index (Phi) is 4.20. The molecule has 0 unspecified atom stereocenters. The zero-order valence-electron chi connectivity index (χ0n) is 4.81. The average Bonchev–Trinajstić information content (AvgIpc) is 1.83. The van der Waals surface area contributed by atoms with Crippen LogP contribution in [0.15, 0.2) is 0 Å². The zero-order valence-corrected chi connectivity index (χ0v) is 4.81. The molecule has 0 radical (unpaired) electrons. The van der Waals surface area contributed by atoms with Crippen molar-refractivity contribution in [2.45, 2.75) is 0 Å². The third kappa shape index (κ3) is 3.58. The molecule has 0 spiro atoms. The number of amides is 1. The predicted molar refractivity (Wildman–Crippen MR) is 29.1 cm³/mol. The van der Waals surface area contributed by atoms with Crippen LogP contribution in [-0.2, 0) is 9.53 Å². The monoisotopic (exact) mass is 118 g/mol. The molecular weight excluding hydrogens is 108 g/mol. The quantitative estimate of drug-likeness (QED) is 0.451. The van der Waals surface area contributed by atoms with Gasteiger partial charge in [-0.05, 0) is 0 Å². The maximum atomic E-state index is 10.3. The van der Waals surface area contributed by atoms with Crippen molar-refractivity contribution < 1.29 is 9.53 Å². The van der Waals surface area contributed by atoms with Gasteiger partial charge in [-0.2, -0.15) is 0 Å². The minimum atomic E-state index is -0.202. The number of hydrogen-bond acceptors (Lipinski definition) is 3. The SMILES string of the molecule is COCNC(=O)CN. The Bertz CT molecular complexity index is 74.4. The fourth-order valence-electron chi connectivity index (χ4n) is 0.225. The van der Waals surface area contributed by atoms with Crippen molar-refractivity contribution in [3.05, 3.63) is 0 Å². The van der Waals surface area contributed by atoms with Crippen LogP contribution in [0.2, 0.25) is 0 Å². The van der Waals surface area contributed by atoms with Crippen LogP contribution < -0.4 is 11.1 Å². The average molecular weight is 118 g/mol. The fourth-order valence-corrected chi connectivity index (χ4v) is 0.225. The third-order valence-corrected chi connectivity index (χ3v) is 0.599. The Labute approximate surface area is 48.0 Å². The van der Waals surface area contributed by atoms with Gasteiger partial charge in [-0.3, -0.25) is 4.79 Å². The van der Waals surface area contributed by atoms with Gasteiger partial charge in [-0.25, -0.2) is 0 Å². The molecule has 4 heteroatoms. The summed E-state index contributed by atoms with van der Waals surface area (Å²) in [7, 11) is 1.50. The fraction of sp³-hybridized carbons (Fsp3) is 0.750. The van der Waals surface area contributed by atoms with Crippen molar-refractivity contribution in [1.82, 2.24) is 5.32 Å². The van der Waals surface area contributed by atoms with E-state index < -0.39 is 0 Å². The van der Waals surface area contributed by atoms with Gasteiger partial charge in [0, 0.05) is 7.11 Å². The molecule has 0 rings (SSSR count). The van der Waals surface area contributed by atoms with E-state index in [9.17, 15) is 4.79 Å². The summed E-state index contributed by atoms with van der Waals surface area (Å²) in [6.07, 6.45) is 0. The van der Waals surface area contributed by atoms with Gasteiger partial charge in [-0.15, -0.1) is 0 Å².